The molecule has 0 amide bonds. The van der Waals surface area contributed by atoms with E-state index in [0.29, 0.717) is 13.1 Å². The Bertz CT molecular complexity index is 965. The summed E-state index contributed by atoms with van der Waals surface area (Å²) in [7, 11) is 0. The Morgan fingerprint density at radius 2 is 0.973 bits per heavy atom. The zero-order valence-corrected chi connectivity index (χ0v) is 29.6. The van der Waals surface area contributed by atoms with Crippen LogP contribution in [0.2, 0.25) is 0 Å². The van der Waals surface area contributed by atoms with E-state index < -0.39 is 20.0 Å². The van der Waals surface area contributed by atoms with E-state index in [1.54, 1.807) is 9.80 Å². The van der Waals surface area contributed by atoms with Gasteiger partial charge in [-0.05, 0) is 11.1 Å². The SMILES string of the molecule is S=C([S-])N1CC(c2ccccc2)OC1C(Cl)(Cl)Cl.S=C([S-])N1CC(c2ccccc2)OC1C(Cl)(Cl)Cl.[Zn+2]. The molecule has 2 heterocycles. The van der Waals surface area contributed by atoms with Gasteiger partial charge in [-0.3, -0.25) is 0 Å². The van der Waals surface area contributed by atoms with E-state index in [1.807, 2.05) is 60.7 Å². The van der Waals surface area contributed by atoms with Crippen LogP contribution in [-0.2, 0) is 54.2 Å². The van der Waals surface area contributed by atoms with Crippen molar-refractivity contribution in [3.8, 4) is 0 Å². The van der Waals surface area contributed by atoms with Crippen LogP contribution in [0.25, 0.3) is 0 Å². The van der Waals surface area contributed by atoms with Gasteiger partial charge in [0.05, 0.1) is 0 Å². The second-order valence-electron chi connectivity index (χ2n) is 7.70. The molecule has 196 valence electrons. The predicted octanol–water partition coefficient (Wildman–Crippen LogP) is 7.17. The Morgan fingerprint density at radius 3 is 1.19 bits per heavy atom. The van der Waals surface area contributed by atoms with Crippen molar-refractivity contribution in [1.82, 2.24) is 9.80 Å². The van der Waals surface area contributed by atoms with E-state index in [1.165, 1.54) is 0 Å². The van der Waals surface area contributed by atoms with Gasteiger partial charge >= 0.3 is 19.5 Å². The van der Waals surface area contributed by atoms with E-state index in [4.69, 9.17) is 129 Å². The van der Waals surface area contributed by atoms with Crippen LogP contribution in [0.3, 0.4) is 0 Å². The molecule has 2 aromatic carbocycles. The van der Waals surface area contributed by atoms with Gasteiger partial charge in [0.1, 0.15) is 12.2 Å². The van der Waals surface area contributed by atoms with Gasteiger partial charge in [0.15, 0.2) is 12.5 Å². The van der Waals surface area contributed by atoms with Crippen LogP contribution in [0.15, 0.2) is 60.7 Å². The number of benzene rings is 2. The molecule has 2 aliphatic heterocycles. The topological polar surface area (TPSA) is 24.9 Å². The number of rotatable bonds is 2. The van der Waals surface area contributed by atoms with Crippen LogP contribution in [0, 0.1) is 0 Å². The van der Waals surface area contributed by atoms with Crippen LogP contribution >= 0.6 is 94.0 Å². The third-order valence-corrected chi connectivity index (χ3v) is 7.31. The number of ether oxygens (including phenoxy) is 2. The number of thiocarbonyl (C=S) groups is 2. The number of nitrogens with zero attached hydrogens (tertiary/aromatic N) is 2. The van der Waals surface area contributed by atoms with Gasteiger partial charge in [0.25, 0.3) is 0 Å². The van der Waals surface area contributed by atoms with Crippen LogP contribution in [0.1, 0.15) is 23.3 Å². The first-order valence-corrected chi connectivity index (χ1v) is 14.2. The van der Waals surface area contributed by atoms with Gasteiger partial charge in [-0.1, -0.05) is 139 Å². The summed E-state index contributed by atoms with van der Waals surface area (Å²) in [5.74, 6) is 0. The van der Waals surface area contributed by atoms with Gasteiger partial charge in [0.2, 0.25) is 7.59 Å². The molecule has 4 rings (SSSR count). The third-order valence-electron chi connectivity index (χ3n) is 5.25. The average molecular weight is 749 g/mol. The van der Waals surface area contributed by atoms with Crippen LogP contribution in [-0.4, -0.2) is 51.6 Å². The summed E-state index contributed by atoms with van der Waals surface area (Å²) < 4.78 is 8.82. The zero-order chi connectivity index (χ0) is 26.7. The fraction of sp³-hybridized carbons (Fsp3) is 0.364. The molecule has 2 saturated heterocycles. The van der Waals surface area contributed by atoms with Crippen LogP contribution in [0.5, 0.6) is 0 Å². The fourth-order valence-corrected chi connectivity index (χ4v) is 5.34. The molecular formula is C22H18Cl6N2O2S4Zn. The summed E-state index contributed by atoms with van der Waals surface area (Å²) in [5.41, 5.74) is 2.01. The van der Waals surface area contributed by atoms with Crippen molar-refractivity contribution >= 4 is 128 Å². The second-order valence-corrected chi connectivity index (χ2v) is 14.5. The van der Waals surface area contributed by atoms with Gasteiger partial charge in [-0.2, -0.15) is 0 Å². The molecule has 0 saturated carbocycles. The zero-order valence-electron chi connectivity index (χ0n) is 18.8. The molecular weight excluding hydrogens is 731 g/mol. The molecule has 0 bridgehead atoms. The molecule has 0 N–H and O–H groups in total. The summed E-state index contributed by atoms with van der Waals surface area (Å²) in [4.78, 5) is 3.24. The first-order chi connectivity index (χ1) is 16.8. The minimum absolute atomic E-state index is 0. The Morgan fingerprint density at radius 1 is 0.676 bits per heavy atom. The average Bonchev–Trinajstić information content (AvgIpc) is 3.46. The summed E-state index contributed by atoms with van der Waals surface area (Å²) in [6.45, 7) is 0.982. The molecule has 2 fully saturated rings. The van der Waals surface area contributed by atoms with E-state index >= 15 is 0 Å². The number of halogens is 6. The minimum Gasteiger partial charge on any atom is -0.411 e. The van der Waals surface area contributed by atoms with Crippen molar-refractivity contribution in [2.75, 3.05) is 13.1 Å². The van der Waals surface area contributed by atoms with Gasteiger partial charge in [-0.25, -0.2) is 0 Å². The normalized spacial score (nSPS) is 23.6. The molecule has 0 aliphatic carbocycles. The van der Waals surface area contributed by atoms with Crippen molar-refractivity contribution in [3.05, 3.63) is 71.8 Å². The monoisotopic (exact) mass is 744 g/mol. The maximum absolute atomic E-state index is 5.89. The van der Waals surface area contributed by atoms with Crippen molar-refractivity contribution < 1.29 is 29.0 Å². The van der Waals surface area contributed by atoms with E-state index in [9.17, 15) is 0 Å². The number of hydrogen-bond acceptors (Lipinski definition) is 6. The van der Waals surface area contributed by atoms with Crippen LogP contribution in [0.4, 0.5) is 0 Å². The minimum atomic E-state index is -1.59. The molecule has 2 aromatic rings. The first-order valence-electron chi connectivity index (χ1n) is 10.3. The number of alkyl halides is 6. The van der Waals surface area contributed by atoms with Crippen molar-refractivity contribution in [3.63, 3.8) is 0 Å². The summed E-state index contributed by atoms with van der Waals surface area (Å²) in [6.07, 6.45) is -1.91. The Kier molecular flexibility index (Phi) is 13.6. The summed E-state index contributed by atoms with van der Waals surface area (Å²) in [6, 6.07) is 19.4. The molecule has 0 aromatic heterocycles. The Labute approximate surface area is 281 Å². The Hall–Kier alpha value is 0.943. The molecule has 0 spiro atoms. The van der Waals surface area contributed by atoms with Crippen molar-refractivity contribution in [2.24, 2.45) is 0 Å². The maximum Gasteiger partial charge on any atom is 2.00 e. The molecule has 4 nitrogen and oxygen atoms in total. The summed E-state index contributed by atoms with van der Waals surface area (Å²) in [5, 5.41) is 0. The van der Waals surface area contributed by atoms with E-state index in [-0.39, 0.29) is 40.3 Å². The molecule has 2 aliphatic rings. The molecule has 4 atom stereocenters. The van der Waals surface area contributed by atoms with Gasteiger partial charge in [0, 0.05) is 13.1 Å². The molecule has 0 radical (unpaired) electrons. The first kappa shape index (κ1) is 34.1. The quantitative estimate of drug-likeness (QED) is 0.138. The number of hydrogen-bond donors (Lipinski definition) is 0. The van der Waals surface area contributed by atoms with Crippen molar-refractivity contribution in [2.45, 2.75) is 32.2 Å². The smallest absolute Gasteiger partial charge is 0.411 e. The van der Waals surface area contributed by atoms with Crippen molar-refractivity contribution in [1.29, 1.82) is 0 Å². The van der Waals surface area contributed by atoms with Gasteiger partial charge in [-0.15, -0.1) is 0 Å². The third kappa shape index (κ3) is 9.49. The van der Waals surface area contributed by atoms with Gasteiger partial charge < -0.3 is 69.0 Å². The second kappa shape index (κ2) is 14.7. The van der Waals surface area contributed by atoms with E-state index in [2.05, 4.69) is 0 Å². The standard InChI is InChI=1S/2C11H10Cl3NOS2.Zn/c2*12-11(13,14)9-15(10(17)18)6-8(16-9)7-4-2-1-3-5-7;/h2*1-5,8-9H,6H2,(H,17,18);/q;;+2/p-2. The predicted molar refractivity (Wildman–Crippen MR) is 162 cm³/mol. The molecule has 37 heavy (non-hydrogen) atoms. The fourth-order valence-electron chi connectivity index (χ4n) is 3.64. The van der Waals surface area contributed by atoms with Crippen LogP contribution < -0.4 is 0 Å². The Balaban J connectivity index is 0.000000253. The molecule has 4 unspecified atom stereocenters. The maximum atomic E-state index is 5.89. The summed E-state index contributed by atoms with van der Waals surface area (Å²) >= 11 is 55.3. The van der Waals surface area contributed by atoms with E-state index in [0.717, 1.165) is 11.1 Å². The molecule has 15 heteroatoms. The largest absolute Gasteiger partial charge is 2.00 e.